The van der Waals surface area contributed by atoms with Crippen LogP contribution in [0.5, 0.6) is 0 Å². The van der Waals surface area contributed by atoms with Crippen LogP contribution >= 0.6 is 0 Å². The smallest absolute Gasteiger partial charge is 0.168 e. The fourth-order valence-corrected chi connectivity index (χ4v) is 1.83. The van der Waals surface area contributed by atoms with Crippen LogP contribution in [0.4, 0.5) is 0 Å². The molecule has 2 nitrogen and oxygen atoms in total. The van der Waals surface area contributed by atoms with Crippen molar-refractivity contribution in [1.29, 1.82) is 0 Å². The van der Waals surface area contributed by atoms with E-state index in [-0.39, 0.29) is 11.2 Å². The van der Waals surface area contributed by atoms with Gasteiger partial charge in [0, 0.05) is 11.8 Å². The lowest BCUT2D eigenvalue weighted by molar-refractivity contribution is -0.306. The molecule has 0 saturated carbocycles. The van der Waals surface area contributed by atoms with Gasteiger partial charge in [0.1, 0.15) is 0 Å². The maximum Gasteiger partial charge on any atom is 0.168 e. The number of ether oxygens (including phenoxy) is 2. The Balaban J connectivity index is 2.57. The second-order valence-electron chi connectivity index (χ2n) is 5.60. The van der Waals surface area contributed by atoms with E-state index < -0.39 is 0 Å². The molecule has 2 heteroatoms. The highest BCUT2D eigenvalue weighted by molar-refractivity contribution is 4.80. The molecule has 0 aromatic heterocycles. The molecule has 0 atom stereocenters. The van der Waals surface area contributed by atoms with E-state index in [2.05, 4.69) is 34.6 Å². The molecule has 1 rings (SSSR count). The van der Waals surface area contributed by atoms with Crippen LogP contribution in [0.1, 0.15) is 47.5 Å². The normalized spacial score (nSPS) is 25.3. The fourth-order valence-electron chi connectivity index (χ4n) is 1.83. The molecule has 0 radical (unpaired) electrons. The van der Waals surface area contributed by atoms with Crippen LogP contribution < -0.4 is 0 Å². The van der Waals surface area contributed by atoms with E-state index in [1.54, 1.807) is 0 Å². The Kier molecular flexibility index (Phi) is 3.59. The van der Waals surface area contributed by atoms with Crippen molar-refractivity contribution in [3.05, 3.63) is 0 Å². The lowest BCUT2D eigenvalue weighted by atomic mass is 9.92. The Morgan fingerprint density at radius 3 is 2.00 bits per heavy atom. The highest BCUT2D eigenvalue weighted by atomic mass is 16.7. The first-order chi connectivity index (χ1) is 6.39. The number of hydrogen-bond donors (Lipinski definition) is 0. The average Bonchev–Trinajstić information content (AvgIpc) is 2.09. The second-order valence-corrected chi connectivity index (χ2v) is 5.60. The van der Waals surface area contributed by atoms with E-state index in [0.717, 1.165) is 26.1 Å². The van der Waals surface area contributed by atoms with E-state index in [4.69, 9.17) is 9.47 Å². The zero-order valence-corrected chi connectivity index (χ0v) is 10.2. The molecular weight excluding hydrogens is 176 g/mol. The van der Waals surface area contributed by atoms with Crippen molar-refractivity contribution < 1.29 is 9.47 Å². The monoisotopic (exact) mass is 200 g/mol. The average molecular weight is 200 g/mol. The third-order valence-electron chi connectivity index (χ3n) is 2.71. The van der Waals surface area contributed by atoms with E-state index >= 15 is 0 Å². The van der Waals surface area contributed by atoms with Gasteiger partial charge in [0.25, 0.3) is 0 Å². The van der Waals surface area contributed by atoms with Crippen molar-refractivity contribution >= 4 is 0 Å². The zero-order chi connectivity index (χ0) is 10.8. The molecule has 1 saturated heterocycles. The molecule has 1 aliphatic heterocycles. The maximum atomic E-state index is 5.92. The van der Waals surface area contributed by atoms with Crippen LogP contribution in [0.2, 0.25) is 0 Å². The molecule has 0 bridgehead atoms. The van der Waals surface area contributed by atoms with Gasteiger partial charge >= 0.3 is 0 Å². The van der Waals surface area contributed by atoms with Crippen LogP contribution in [-0.2, 0) is 9.47 Å². The van der Waals surface area contributed by atoms with Crippen molar-refractivity contribution in [3.8, 4) is 0 Å². The Morgan fingerprint density at radius 1 is 1.14 bits per heavy atom. The van der Waals surface area contributed by atoms with Crippen molar-refractivity contribution in [3.63, 3.8) is 0 Å². The Hall–Kier alpha value is -0.0800. The molecule has 0 aromatic carbocycles. The van der Waals surface area contributed by atoms with Gasteiger partial charge in [0.2, 0.25) is 0 Å². The third kappa shape index (κ3) is 2.96. The van der Waals surface area contributed by atoms with Crippen LogP contribution in [0.25, 0.3) is 0 Å². The largest absolute Gasteiger partial charge is 0.349 e. The first-order valence-electron chi connectivity index (χ1n) is 5.67. The molecule has 0 unspecified atom stereocenters. The number of rotatable bonds is 3. The van der Waals surface area contributed by atoms with Crippen molar-refractivity contribution in [2.45, 2.75) is 53.2 Å². The highest BCUT2D eigenvalue weighted by Crippen LogP contribution is 2.35. The summed E-state index contributed by atoms with van der Waals surface area (Å²) in [5.74, 6) is 0.320. The SMILES string of the molecule is CCC1(CC(C)C)OCC(C)(C)CO1. The first-order valence-corrected chi connectivity index (χ1v) is 5.67. The Bertz CT molecular complexity index is 175. The standard InChI is InChI=1S/C12H24O2/c1-6-12(7-10(2)3)13-8-11(4,5)9-14-12/h10H,6-9H2,1-5H3. The molecule has 84 valence electrons. The van der Waals surface area contributed by atoms with Gasteiger partial charge in [-0.2, -0.15) is 0 Å². The van der Waals surface area contributed by atoms with E-state index in [0.29, 0.717) is 5.92 Å². The van der Waals surface area contributed by atoms with Crippen LogP contribution in [0.15, 0.2) is 0 Å². The van der Waals surface area contributed by atoms with Gasteiger partial charge in [0.15, 0.2) is 5.79 Å². The maximum absolute atomic E-state index is 5.92. The quantitative estimate of drug-likeness (QED) is 0.696. The van der Waals surface area contributed by atoms with E-state index in [9.17, 15) is 0 Å². The van der Waals surface area contributed by atoms with Gasteiger partial charge in [-0.3, -0.25) is 0 Å². The molecule has 0 N–H and O–H groups in total. The summed E-state index contributed by atoms with van der Waals surface area (Å²) in [6.07, 6.45) is 1.95. The first kappa shape index (κ1) is 12.0. The summed E-state index contributed by atoms with van der Waals surface area (Å²) < 4.78 is 11.8. The summed E-state index contributed by atoms with van der Waals surface area (Å²) in [5.41, 5.74) is 0.176. The predicted molar refractivity (Wildman–Crippen MR) is 58.2 cm³/mol. The Morgan fingerprint density at radius 2 is 1.64 bits per heavy atom. The lowest BCUT2D eigenvalue weighted by Gasteiger charge is -2.44. The molecule has 0 aromatic rings. The molecule has 0 spiro atoms. The summed E-state index contributed by atoms with van der Waals surface area (Å²) >= 11 is 0. The summed E-state index contributed by atoms with van der Waals surface area (Å²) in [5, 5.41) is 0. The summed E-state index contributed by atoms with van der Waals surface area (Å²) in [4.78, 5) is 0. The molecule has 1 fully saturated rings. The van der Waals surface area contributed by atoms with Crippen LogP contribution in [0, 0.1) is 11.3 Å². The van der Waals surface area contributed by atoms with Crippen LogP contribution in [0.3, 0.4) is 0 Å². The second kappa shape index (κ2) is 4.19. The zero-order valence-electron chi connectivity index (χ0n) is 10.2. The lowest BCUT2D eigenvalue weighted by Crippen LogP contribution is -2.47. The van der Waals surface area contributed by atoms with Crippen molar-refractivity contribution in [1.82, 2.24) is 0 Å². The van der Waals surface area contributed by atoms with Gasteiger partial charge in [0.05, 0.1) is 13.2 Å². The molecule has 14 heavy (non-hydrogen) atoms. The third-order valence-corrected chi connectivity index (χ3v) is 2.71. The predicted octanol–water partition coefficient (Wildman–Crippen LogP) is 3.21. The van der Waals surface area contributed by atoms with Crippen molar-refractivity contribution in [2.75, 3.05) is 13.2 Å². The van der Waals surface area contributed by atoms with Gasteiger partial charge < -0.3 is 9.47 Å². The summed E-state index contributed by atoms with van der Waals surface area (Å²) in [6.45, 7) is 12.6. The molecular formula is C12H24O2. The van der Waals surface area contributed by atoms with E-state index in [1.165, 1.54) is 0 Å². The Labute approximate surface area is 88.0 Å². The summed E-state index contributed by atoms with van der Waals surface area (Å²) in [6, 6.07) is 0. The topological polar surface area (TPSA) is 18.5 Å². The minimum absolute atomic E-state index is 0.176. The van der Waals surface area contributed by atoms with E-state index in [1.807, 2.05) is 0 Å². The minimum atomic E-state index is -0.302. The summed E-state index contributed by atoms with van der Waals surface area (Å²) in [7, 11) is 0. The van der Waals surface area contributed by atoms with Gasteiger partial charge in [-0.15, -0.1) is 0 Å². The molecule has 1 aliphatic rings. The number of hydrogen-bond acceptors (Lipinski definition) is 2. The van der Waals surface area contributed by atoms with Crippen molar-refractivity contribution in [2.24, 2.45) is 11.3 Å². The van der Waals surface area contributed by atoms with Gasteiger partial charge in [-0.1, -0.05) is 34.6 Å². The fraction of sp³-hybridized carbons (Fsp3) is 1.00. The minimum Gasteiger partial charge on any atom is -0.349 e. The van der Waals surface area contributed by atoms with Gasteiger partial charge in [-0.05, 0) is 12.3 Å². The highest BCUT2D eigenvalue weighted by Gasteiger charge is 2.39. The van der Waals surface area contributed by atoms with Gasteiger partial charge in [-0.25, -0.2) is 0 Å². The molecule has 0 amide bonds. The molecule has 1 heterocycles. The van der Waals surface area contributed by atoms with Crippen LogP contribution in [-0.4, -0.2) is 19.0 Å². The molecule has 0 aliphatic carbocycles.